The average molecular weight is 801 g/mol. The van der Waals surface area contributed by atoms with Crippen molar-refractivity contribution in [1.82, 2.24) is 4.57 Å². The third-order valence-corrected chi connectivity index (χ3v) is 11.3. The first kappa shape index (κ1) is 27.5. The lowest BCUT2D eigenvalue weighted by Crippen LogP contribution is -2.10. The van der Waals surface area contributed by atoms with Crippen LogP contribution in [0.2, 0.25) is 0 Å². The Balaban J connectivity index is 1.08. The number of fused-ring (bicyclic) bond motifs is 3. The van der Waals surface area contributed by atoms with Crippen molar-refractivity contribution in [3.05, 3.63) is 255 Å². The predicted octanol–water partition coefficient (Wildman–Crippen LogP) is 16.6. The molecule has 292 valence electrons. The Morgan fingerprint density at radius 1 is 0.323 bits per heavy atom. The molecule has 0 N–H and O–H groups in total. The van der Waals surface area contributed by atoms with Crippen molar-refractivity contribution < 1.29 is 13.7 Å². The van der Waals surface area contributed by atoms with Crippen molar-refractivity contribution in [2.45, 2.75) is 0 Å². The van der Waals surface area contributed by atoms with E-state index < -0.39 is 60.4 Å². The van der Waals surface area contributed by atoms with E-state index >= 15 is 0 Å². The van der Waals surface area contributed by atoms with E-state index in [2.05, 4.69) is 95.6 Å². The third-order valence-electron chi connectivity index (χ3n) is 11.3. The van der Waals surface area contributed by atoms with Crippen molar-refractivity contribution in [2.75, 3.05) is 4.90 Å². The van der Waals surface area contributed by atoms with Gasteiger partial charge in [-0.1, -0.05) is 182 Å². The average Bonchev–Trinajstić information content (AvgIpc) is 3.76. The number of hydrogen-bond donors (Lipinski definition) is 0. The minimum atomic E-state index is -0.547. The number of hydrogen-bond acceptors (Lipinski definition) is 1. The van der Waals surface area contributed by atoms with E-state index in [-0.39, 0.29) is 22.3 Å². The van der Waals surface area contributed by atoms with Crippen molar-refractivity contribution in [1.29, 1.82) is 0 Å². The molecule has 0 aliphatic heterocycles. The van der Waals surface area contributed by atoms with Gasteiger partial charge in [-0.05, 0) is 128 Å². The summed E-state index contributed by atoms with van der Waals surface area (Å²) in [6.45, 7) is 0. The van der Waals surface area contributed by atoms with E-state index in [0.29, 0.717) is 17.1 Å². The Kier molecular flexibility index (Phi) is 7.15. The fourth-order valence-electron chi connectivity index (χ4n) is 8.48. The highest BCUT2D eigenvalue weighted by Gasteiger charge is 2.18. The molecule has 2 nitrogen and oxygen atoms in total. The second kappa shape index (κ2) is 16.1. The van der Waals surface area contributed by atoms with Crippen LogP contribution in [-0.2, 0) is 0 Å². The summed E-state index contributed by atoms with van der Waals surface area (Å²) in [5.74, 6) is 0. The maximum Gasteiger partial charge on any atom is 0.0629 e. The van der Waals surface area contributed by atoms with Gasteiger partial charge in [-0.15, -0.1) is 0 Å². The summed E-state index contributed by atoms with van der Waals surface area (Å²) in [5, 5.41) is 2.32. The highest BCUT2D eigenvalue weighted by molar-refractivity contribution is 6.15. The van der Waals surface area contributed by atoms with Crippen LogP contribution in [0.3, 0.4) is 0 Å². The van der Waals surface area contributed by atoms with Crippen LogP contribution in [0.1, 0.15) is 13.7 Å². The van der Waals surface area contributed by atoms with Gasteiger partial charge in [0.05, 0.1) is 24.7 Å². The highest BCUT2D eigenvalue weighted by atomic mass is 15.1. The molecule has 10 aromatic carbocycles. The summed E-state index contributed by atoms with van der Waals surface area (Å²) < 4.78 is 89.1. The van der Waals surface area contributed by atoms with E-state index in [0.717, 1.165) is 60.9 Å². The monoisotopic (exact) mass is 800 g/mol. The molecule has 0 bridgehead atoms. The van der Waals surface area contributed by atoms with Crippen molar-refractivity contribution in [3.8, 4) is 61.3 Å². The highest BCUT2D eigenvalue weighted by Crippen LogP contribution is 2.42. The van der Waals surface area contributed by atoms with Crippen LogP contribution in [0.15, 0.2) is 255 Å². The van der Waals surface area contributed by atoms with E-state index in [4.69, 9.17) is 13.7 Å². The van der Waals surface area contributed by atoms with Crippen molar-refractivity contribution >= 4 is 38.9 Å². The van der Waals surface area contributed by atoms with Gasteiger partial charge in [0.1, 0.15) is 0 Å². The molecule has 62 heavy (non-hydrogen) atoms. The van der Waals surface area contributed by atoms with Gasteiger partial charge in [-0.2, -0.15) is 0 Å². The van der Waals surface area contributed by atoms with Gasteiger partial charge >= 0.3 is 0 Å². The van der Waals surface area contributed by atoms with E-state index in [1.54, 1.807) is 12.1 Å². The lowest BCUT2D eigenvalue weighted by atomic mass is 9.95. The first-order valence-electron chi connectivity index (χ1n) is 25.4. The van der Waals surface area contributed by atoms with Gasteiger partial charge in [-0.25, -0.2) is 0 Å². The van der Waals surface area contributed by atoms with Gasteiger partial charge in [-0.3, -0.25) is 0 Å². The number of nitrogens with zero attached hydrogens (tertiary/aromatic N) is 2. The second-order valence-electron chi connectivity index (χ2n) is 15.0. The molecular weight excluding hydrogens is 749 g/mol. The molecule has 0 radical (unpaired) electrons. The topological polar surface area (TPSA) is 8.17 Å². The molecule has 0 saturated carbocycles. The van der Waals surface area contributed by atoms with Gasteiger partial charge in [0, 0.05) is 33.5 Å². The van der Waals surface area contributed by atoms with Crippen LogP contribution >= 0.6 is 0 Å². The predicted molar refractivity (Wildman–Crippen MR) is 263 cm³/mol. The second-order valence-corrected chi connectivity index (χ2v) is 15.0. The largest absolute Gasteiger partial charge is 0.310 e. The van der Waals surface area contributed by atoms with Crippen molar-refractivity contribution in [3.63, 3.8) is 0 Å². The fourth-order valence-corrected chi connectivity index (χ4v) is 8.48. The number of rotatable bonds is 9. The summed E-state index contributed by atoms with van der Waals surface area (Å²) in [5.41, 5.74) is 11.5. The van der Waals surface area contributed by atoms with Crippen LogP contribution in [0.4, 0.5) is 17.1 Å². The Hall–Kier alpha value is -8.20. The summed E-state index contributed by atoms with van der Waals surface area (Å²) in [7, 11) is 0. The molecule has 0 atom stereocenters. The minimum absolute atomic E-state index is 0.0913. The van der Waals surface area contributed by atoms with E-state index in [1.807, 2.05) is 89.8 Å². The Bertz CT molecular complexity index is 3770. The summed E-state index contributed by atoms with van der Waals surface area (Å²) in [4.78, 5) is 1.95. The van der Waals surface area contributed by atoms with Gasteiger partial charge in [0.25, 0.3) is 0 Å². The molecule has 0 aliphatic carbocycles. The third kappa shape index (κ3) is 6.94. The Labute approximate surface area is 376 Å². The lowest BCUT2D eigenvalue weighted by molar-refractivity contribution is 1.18. The SMILES string of the molecule is [2H]c1c([2H])c([2H])c(-c2cc(-c3c([2H])c([2H])c([2H])c([2H])c3[2H])cc(N(c3ccc(-c4ccccc4)cc3)c3ccc(-c4cccc(-c5cccc6c5c5ccccc5n6-c5ccccc5)c4)cc3)c2)c([2H])c1[2H]. The first-order valence-corrected chi connectivity index (χ1v) is 20.4. The molecule has 0 fully saturated rings. The molecular formula is C60H42N2. The molecule has 11 rings (SSSR count). The zero-order valence-electron chi connectivity index (χ0n) is 43.4. The fraction of sp³-hybridized carbons (Fsp3) is 0. The number of anilines is 3. The van der Waals surface area contributed by atoms with Gasteiger partial charge in [0.2, 0.25) is 0 Å². The molecule has 0 saturated heterocycles. The summed E-state index contributed by atoms with van der Waals surface area (Å²) in [6, 6.07) is 59.8. The molecule has 0 spiro atoms. The first-order chi connectivity index (χ1) is 34.9. The van der Waals surface area contributed by atoms with Crippen molar-refractivity contribution in [2.24, 2.45) is 0 Å². The van der Waals surface area contributed by atoms with Crippen LogP contribution < -0.4 is 4.90 Å². The molecule has 0 unspecified atom stereocenters. The molecule has 1 aromatic heterocycles. The smallest absolute Gasteiger partial charge is 0.0629 e. The summed E-state index contributed by atoms with van der Waals surface area (Å²) >= 11 is 0. The lowest BCUT2D eigenvalue weighted by Gasteiger charge is -2.27. The van der Waals surface area contributed by atoms with Gasteiger partial charge < -0.3 is 9.47 Å². The Morgan fingerprint density at radius 2 is 0.806 bits per heavy atom. The standard InChI is InChI=1S/C60H42N2/c1-5-17-43(18-6-1)46-31-35-53(36-32-46)61(55-41-50(44-19-7-2-8-20-44)40-51(42-55)45-21-9-3-10-22-45)54-37-33-47(34-38-54)48-23-15-24-49(39-48)56-28-16-30-59-60(56)57-27-13-14-29-58(57)62(59)52-25-11-4-12-26-52/h1-42H/i2D,3D,7D,8D,9D,10D,19D,20D,21D,22D. The minimum Gasteiger partial charge on any atom is -0.310 e. The molecule has 2 heteroatoms. The van der Waals surface area contributed by atoms with Gasteiger partial charge in [0.15, 0.2) is 0 Å². The summed E-state index contributed by atoms with van der Waals surface area (Å²) in [6.07, 6.45) is 0. The van der Waals surface area contributed by atoms with Crippen LogP contribution in [0.25, 0.3) is 83.1 Å². The van der Waals surface area contributed by atoms with Crippen LogP contribution in [0, 0.1) is 0 Å². The zero-order valence-corrected chi connectivity index (χ0v) is 33.4. The molecule has 0 aliphatic rings. The maximum absolute atomic E-state index is 8.98. The molecule has 1 heterocycles. The maximum atomic E-state index is 8.98. The number of benzene rings is 10. The number of aromatic nitrogens is 1. The normalized spacial score (nSPS) is 13.5. The zero-order chi connectivity index (χ0) is 49.9. The van der Waals surface area contributed by atoms with Crippen LogP contribution in [0.5, 0.6) is 0 Å². The number of para-hydroxylation sites is 2. The quantitative estimate of drug-likeness (QED) is 0.141. The van der Waals surface area contributed by atoms with Crippen LogP contribution in [-0.4, -0.2) is 4.57 Å². The van der Waals surface area contributed by atoms with E-state index in [9.17, 15) is 0 Å². The molecule has 0 amide bonds. The Morgan fingerprint density at radius 3 is 1.45 bits per heavy atom. The molecule has 11 aromatic rings. The van der Waals surface area contributed by atoms with E-state index in [1.165, 1.54) is 6.07 Å².